The molecule has 16 heavy (non-hydrogen) atoms. The molecule has 0 unspecified atom stereocenters. The maximum atomic E-state index is 11.8. The lowest BCUT2D eigenvalue weighted by molar-refractivity contribution is -0.133. The van der Waals surface area contributed by atoms with Crippen LogP contribution < -0.4 is 0 Å². The van der Waals surface area contributed by atoms with Gasteiger partial charge >= 0.3 is 0 Å². The van der Waals surface area contributed by atoms with E-state index in [4.69, 9.17) is 0 Å². The Morgan fingerprint density at radius 2 is 2.00 bits per heavy atom. The van der Waals surface area contributed by atoms with Gasteiger partial charge in [0.05, 0.1) is 6.54 Å². The average molecular weight is 241 g/mol. The van der Waals surface area contributed by atoms with Crippen LogP contribution in [0.15, 0.2) is 0 Å². The fourth-order valence-electron chi connectivity index (χ4n) is 2.23. The summed E-state index contributed by atoms with van der Waals surface area (Å²) < 4.78 is 0. The van der Waals surface area contributed by atoms with Gasteiger partial charge in [0.25, 0.3) is 5.24 Å². The van der Waals surface area contributed by atoms with E-state index in [1.165, 1.54) is 0 Å². The summed E-state index contributed by atoms with van der Waals surface area (Å²) in [5.74, 6) is 0.482. The molecule has 1 saturated heterocycles. The molecule has 1 heterocycles. The summed E-state index contributed by atoms with van der Waals surface area (Å²) in [6.45, 7) is -0.00463. The van der Waals surface area contributed by atoms with Gasteiger partial charge in [-0.3, -0.25) is 19.3 Å². The third-order valence-corrected chi connectivity index (χ3v) is 4.06. The molecule has 0 radical (unpaired) electrons. The van der Waals surface area contributed by atoms with Gasteiger partial charge in [0, 0.05) is 18.1 Å². The van der Waals surface area contributed by atoms with Gasteiger partial charge < -0.3 is 0 Å². The van der Waals surface area contributed by atoms with Crippen molar-refractivity contribution in [3.63, 3.8) is 0 Å². The first kappa shape index (κ1) is 11.6. The molecule has 0 spiro atoms. The molecule has 0 N–H and O–H groups in total. The molecule has 1 saturated carbocycles. The second kappa shape index (κ2) is 4.99. The molecule has 2 rings (SSSR count). The average Bonchev–Trinajstić information content (AvgIpc) is 2.76. The summed E-state index contributed by atoms with van der Waals surface area (Å²) in [5, 5.41) is -0.261. The van der Waals surface area contributed by atoms with E-state index in [2.05, 4.69) is 0 Å². The Bertz CT molecular complexity index is 307. The lowest BCUT2D eigenvalue weighted by atomic mass is 10.0. The van der Waals surface area contributed by atoms with Crippen LogP contribution in [-0.2, 0) is 9.59 Å². The maximum Gasteiger partial charge on any atom is 0.288 e. The van der Waals surface area contributed by atoms with Gasteiger partial charge in [0.15, 0.2) is 5.78 Å². The Hall–Kier alpha value is -0.840. The highest BCUT2D eigenvalue weighted by Gasteiger charge is 2.31. The number of imide groups is 1. The molecule has 0 aromatic heterocycles. The van der Waals surface area contributed by atoms with Gasteiger partial charge in [0.1, 0.15) is 0 Å². The van der Waals surface area contributed by atoms with Crippen LogP contribution in [0.1, 0.15) is 32.1 Å². The van der Waals surface area contributed by atoms with E-state index in [-0.39, 0.29) is 29.4 Å². The zero-order valence-electron chi connectivity index (χ0n) is 9.11. The van der Waals surface area contributed by atoms with Crippen molar-refractivity contribution in [2.75, 3.05) is 12.3 Å². The van der Waals surface area contributed by atoms with E-state index >= 15 is 0 Å². The molecule has 0 atom stereocenters. The molecule has 0 bridgehead atoms. The van der Waals surface area contributed by atoms with Crippen LogP contribution in [0.3, 0.4) is 0 Å². The van der Waals surface area contributed by atoms with Gasteiger partial charge in [-0.15, -0.1) is 0 Å². The number of hydrogen-bond donors (Lipinski definition) is 0. The monoisotopic (exact) mass is 241 g/mol. The molecular formula is C11H15NO3S. The lowest BCUT2D eigenvalue weighted by Gasteiger charge is -2.24. The highest BCUT2D eigenvalue weighted by molar-refractivity contribution is 8.13. The Kier molecular flexibility index (Phi) is 3.63. The highest BCUT2D eigenvalue weighted by Crippen LogP contribution is 2.26. The summed E-state index contributed by atoms with van der Waals surface area (Å²) in [7, 11) is 0. The molecule has 4 nitrogen and oxygen atoms in total. The van der Waals surface area contributed by atoms with Crippen LogP contribution in [0.2, 0.25) is 0 Å². The Morgan fingerprint density at radius 3 is 2.62 bits per heavy atom. The molecule has 2 aliphatic rings. The molecule has 2 fully saturated rings. The number of Topliss-reactive ketones (excluding diaryl/α,β-unsaturated/α-hetero) is 1. The quantitative estimate of drug-likeness (QED) is 0.756. The van der Waals surface area contributed by atoms with Crippen molar-refractivity contribution in [3.8, 4) is 0 Å². The molecule has 0 aromatic rings. The maximum absolute atomic E-state index is 11.8. The van der Waals surface area contributed by atoms with Crippen LogP contribution in [0.5, 0.6) is 0 Å². The second-order valence-electron chi connectivity index (χ2n) is 4.29. The van der Waals surface area contributed by atoms with Crippen molar-refractivity contribution in [1.29, 1.82) is 0 Å². The summed E-state index contributed by atoms with van der Waals surface area (Å²) in [5.41, 5.74) is 0. The molecular weight excluding hydrogens is 226 g/mol. The van der Waals surface area contributed by atoms with Crippen molar-refractivity contribution in [1.82, 2.24) is 4.90 Å². The second-order valence-corrected chi connectivity index (χ2v) is 5.34. The lowest BCUT2D eigenvalue weighted by Crippen LogP contribution is -2.42. The van der Waals surface area contributed by atoms with E-state index in [9.17, 15) is 14.4 Å². The minimum absolute atomic E-state index is 0.00463. The molecule has 1 aliphatic heterocycles. The van der Waals surface area contributed by atoms with Gasteiger partial charge in [-0.05, 0) is 12.8 Å². The molecule has 0 aromatic carbocycles. The fourth-order valence-corrected chi connectivity index (χ4v) is 3.00. The summed E-state index contributed by atoms with van der Waals surface area (Å²) in [4.78, 5) is 35.9. The standard InChI is InChI=1S/C11H15NO3S/c13-9(8-3-1-2-4-8)7-12-10(14)5-6-16-11(12)15/h8H,1-7H2. The van der Waals surface area contributed by atoms with E-state index in [1.807, 2.05) is 0 Å². The van der Waals surface area contributed by atoms with E-state index in [0.717, 1.165) is 42.3 Å². The zero-order chi connectivity index (χ0) is 11.5. The van der Waals surface area contributed by atoms with Crippen molar-refractivity contribution in [3.05, 3.63) is 0 Å². The number of amides is 2. The fraction of sp³-hybridized carbons (Fsp3) is 0.727. The number of thioether (sulfide) groups is 1. The number of rotatable bonds is 3. The van der Waals surface area contributed by atoms with Crippen LogP contribution in [0, 0.1) is 5.92 Å². The summed E-state index contributed by atoms with van der Waals surface area (Å²) >= 11 is 1.13. The van der Waals surface area contributed by atoms with Crippen molar-refractivity contribution >= 4 is 28.7 Å². The van der Waals surface area contributed by atoms with Gasteiger partial charge in [-0.2, -0.15) is 0 Å². The number of hydrogen-bond acceptors (Lipinski definition) is 4. The smallest absolute Gasteiger partial charge is 0.288 e. The first-order valence-corrected chi connectivity index (χ1v) is 6.67. The SMILES string of the molecule is O=C(CN1C(=O)CCSC1=O)C1CCCC1. The molecule has 88 valence electrons. The Morgan fingerprint density at radius 1 is 1.31 bits per heavy atom. The number of carbonyl (C=O) groups excluding carboxylic acids is 3. The molecule has 1 aliphatic carbocycles. The van der Waals surface area contributed by atoms with Gasteiger partial charge in [0.2, 0.25) is 5.91 Å². The largest absolute Gasteiger partial charge is 0.297 e. The van der Waals surface area contributed by atoms with Crippen LogP contribution in [-0.4, -0.2) is 34.1 Å². The van der Waals surface area contributed by atoms with E-state index < -0.39 is 0 Å². The third-order valence-electron chi connectivity index (χ3n) is 3.19. The van der Waals surface area contributed by atoms with Crippen LogP contribution in [0.25, 0.3) is 0 Å². The first-order valence-electron chi connectivity index (χ1n) is 5.68. The van der Waals surface area contributed by atoms with Crippen molar-refractivity contribution < 1.29 is 14.4 Å². The zero-order valence-corrected chi connectivity index (χ0v) is 9.92. The highest BCUT2D eigenvalue weighted by atomic mass is 32.2. The van der Waals surface area contributed by atoms with E-state index in [0.29, 0.717) is 12.2 Å². The first-order chi connectivity index (χ1) is 7.68. The predicted octanol–water partition coefficient (Wildman–Crippen LogP) is 1.83. The van der Waals surface area contributed by atoms with Crippen molar-refractivity contribution in [2.24, 2.45) is 5.92 Å². The number of ketones is 1. The van der Waals surface area contributed by atoms with Crippen LogP contribution in [0.4, 0.5) is 4.79 Å². The normalized spacial score (nSPS) is 22.9. The van der Waals surface area contributed by atoms with Gasteiger partial charge in [-0.25, -0.2) is 0 Å². The Balaban J connectivity index is 1.94. The van der Waals surface area contributed by atoms with Crippen LogP contribution >= 0.6 is 11.8 Å². The predicted molar refractivity (Wildman–Crippen MR) is 61.1 cm³/mol. The van der Waals surface area contributed by atoms with Crippen molar-refractivity contribution in [2.45, 2.75) is 32.1 Å². The van der Waals surface area contributed by atoms with Gasteiger partial charge in [-0.1, -0.05) is 24.6 Å². The van der Waals surface area contributed by atoms with E-state index in [1.54, 1.807) is 0 Å². The Labute approximate surface area is 98.7 Å². The number of nitrogens with zero attached hydrogens (tertiary/aromatic N) is 1. The topological polar surface area (TPSA) is 54.5 Å². The molecule has 2 amide bonds. The number of carbonyl (C=O) groups is 3. The summed E-state index contributed by atoms with van der Waals surface area (Å²) in [6, 6.07) is 0. The minimum Gasteiger partial charge on any atom is -0.297 e. The summed E-state index contributed by atoms with van der Waals surface area (Å²) in [6.07, 6.45) is 4.39. The molecule has 5 heteroatoms. The minimum atomic E-state index is -0.261. The third kappa shape index (κ3) is 2.45.